The topological polar surface area (TPSA) is 75.4 Å². The lowest BCUT2D eigenvalue weighted by atomic mass is 9.96. The van der Waals surface area contributed by atoms with Gasteiger partial charge < -0.3 is 10.0 Å². The number of aryl methyl sites for hydroxylation is 1. The zero-order valence-corrected chi connectivity index (χ0v) is 15.4. The van der Waals surface area contributed by atoms with Crippen LogP contribution in [-0.2, 0) is 11.2 Å². The molecular formula is C19H20F3N3O3. The van der Waals surface area contributed by atoms with Crippen molar-refractivity contribution in [1.29, 1.82) is 0 Å². The van der Waals surface area contributed by atoms with Crippen LogP contribution in [0.25, 0.3) is 5.69 Å². The monoisotopic (exact) mass is 395 g/mol. The summed E-state index contributed by atoms with van der Waals surface area (Å²) in [5.41, 5.74) is 2.47. The SMILES string of the molecule is CCc1c(C(=O)N2C[C@@H](C(F)(F)F)[C@H](C(=O)O)C2)cnn1-c1ccccc1C. The van der Waals surface area contributed by atoms with Gasteiger partial charge in [0, 0.05) is 13.1 Å². The van der Waals surface area contributed by atoms with Crippen LogP contribution in [0.1, 0.15) is 28.5 Å². The molecule has 2 aromatic rings. The molecule has 150 valence electrons. The number of hydrogen-bond acceptors (Lipinski definition) is 3. The summed E-state index contributed by atoms with van der Waals surface area (Å²) in [6.45, 7) is 2.57. The summed E-state index contributed by atoms with van der Waals surface area (Å²) >= 11 is 0. The molecule has 1 N–H and O–H groups in total. The van der Waals surface area contributed by atoms with Crippen LogP contribution >= 0.6 is 0 Å². The molecule has 0 unspecified atom stereocenters. The number of carboxylic acid groups (broad SMARTS) is 1. The number of benzene rings is 1. The van der Waals surface area contributed by atoms with Crippen molar-refractivity contribution >= 4 is 11.9 Å². The average Bonchev–Trinajstić information content (AvgIpc) is 3.26. The Kier molecular flexibility index (Phi) is 5.18. The Morgan fingerprint density at radius 1 is 1.25 bits per heavy atom. The van der Waals surface area contributed by atoms with Gasteiger partial charge in [-0.05, 0) is 25.0 Å². The van der Waals surface area contributed by atoms with Crippen LogP contribution in [0.15, 0.2) is 30.5 Å². The van der Waals surface area contributed by atoms with Gasteiger partial charge in [-0.1, -0.05) is 25.1 Å². The van der Waals surface area contributed by atoms with Crippen molar-refractivity contribution in [3.8, 4) is 5.69 Å². The van der Waals surface area contributed by atoms with Crippen LogP contribution in [0.3, 0.4) is 0 Å². The Balaban J connectivity index is 1.94. The molecule has 9 heteroatoms. The lowest BCUT2D eigenvalue weighted by Crippen LogP contribution is -2.34. The van der Waals surface area contributed by atoms with Crippen LogP contribution in [-0.4, -0.2) is 50.9 Å². The second kappa shape index (κ2) is 7.29. The molecule has 0 bridgehead atoms. The fourth-order valence-corrected chi connectivity index (χ4v) is 3.62. The van der Waals surface area contributed by atoms with Gasteiger partial charge in [0.25, 0.3) is 5.91 Å². The molecule has 1 aliphatic heterocycles. The minimum atomic E-state index is -4.68. The van der Waals surface area contributed by atoms with Gasteiger partial charge >= 0.3 is 12.1 Å². The van der Waals surface area contributed by atoms with E-state index in [9.17, 15) is 22.8 Å². The van der Waals surface area contributed by atoms with E-state index in [-0.39, 0.29) is 5.56 Å². The van der Waals surface area contributed by atoms with E-state index in [2.05, 4.69) is 5.10 Å². The van der Waals surface area contributed by atoms with Gasteiger partial charge in [-0.25, -0.2) is 4.68 Å². The maximum Gasteiger partial charge on any atom is 0.394 e. The summed E-state index contributed by atoms with van der Waals surface area (Å²) in [5, 5.41) is 13.4. The number of carbonyl (C=O) groups is 2. The fourth-order valence-electron chi connectivity index (χ4n) is 3.62. The van der Waals surface area contributed by atoms with E-state index in [1.165, 1.54) is 6.20 Å². The molecule has 2 heterocycles. The predicted molar refractivity (Wildman–Crippen MR) is 94.3 cm³/mol. The van der Waals surface area contributed by atoms with Gasteiger partial charge in [0.05, 0.1) is 35.0 Å². The van der Waals surface area contributed by atoms with Crippen molar-refractivity contribution in [1.82, 2.24) is 14.7 Å². The Bertz CT molecular complexity index is 907. The summed E-state index contributed by atoms with van der Waals surface area (Å²) in [6, 6.07) is 7.43. The lowest BCUT2D eigenvalue weighted by Gasteiger charge is -2.18. The minimum Gasteiger partial charge on any atom is -0.481 e. The number of halogens is 3. The van der Waals surface area contributed by atoms with E-state index < -0.39 is 43.0 Å². The third-order valence-electron chi connectivity index (χ3n) is 5.12. The summed E-state index contributed by atoms with van der Waals surface area (Å²) in [6.07, 6.45) is -2.91. The van der Waals surface area contributed by atoms with Gasteiger partial charge in [0.1, 0.15) is 0 Å². The number of carboxylic acids is 1. The highest BCUT2D eigenvalue weighted by molar-refractivity contribution is 5.96. The first-order valence-electron chi connectivity index (χ1n) is 8.86. The smallest absolute Gasteiger partial charge is 0.394 e. The molecule has 6 nitrogen and oxygen atoms in total. The summed E-state index contributed by atoms with van der Waals surface area (Å²) in [7, 11) is 0. The molecule has 1 saturated heterocycles. The highest BCUT2D eigenvalue weighted by Gasteiger charge is 2.53. The molecule has 0 spiro atoms. The van der Waals surface area contributed by atoms with E-state index in [0.29, 0.717) is 12.1 Å². The molecule has 1 aliphatic rings. The first-order valence-corrected chi connectivity index (χ1v) is 8.86. The quantitative estimate of drug-likeness (QED) is 0.863. The Labute approximate surface area is 159 Å². The summed E-state index contributed by atoms with van der Waals surface area (Å²) < 4.78 is 41.2. The zero-order valence-electron chi connectivity index (χ0n) is 15.4. The van der Waals surface area contributed by atoms with Crippen molar-refractivity contribution in [3.63, 3.8) is 0 Å². The molecule has 3 rings (SSSR count). The van der Waals surface area contributed by atoms with Crippen LogP contribution in [0.5, 0.6) is 0 Å². The maximum absolute atomic E-state index is 13.2. The maximum atomic E-state index is 13.2. The predicted octanol–water partition coefficient (Wildman–Crippen LogP) is 3.08. The van der Waals surface area contributed by atoms with Crippen LogP contribution in [0.4, 0.5) is 13.2 Å². The molecular weight excluding hydrogens is 375 g/mol. The number of nitrogens with zero attached hydrogens (tertiary/aromatic N) is 3. The van der Waals surface area contributed by atoms with E-state index in [1.54, 1.807) is 4.68 Å². The molecule has 0 aliphatic carbocycles. The van der Waals surface area contributed by atoms with E-state index in [4.69, 9.17) is 5.11 Å². The number of carbonyl (C=O) groups excluding carboxylic acids is 1. The Morgan fingerprint density at radius 2 is 1.93 bits per heavy atom. The summed E-state index contributed by atoms with van der Waals surface area (Å²) in [5.74, 6) is -5.93. The highest BCUT2D eigenvalue weighted by atomic mass is 19.4. The fraction of sp³-hybridized carbons (Fsp3) is 0.421. The van der Waals surface area contributed by atoms with E-state index in [1.807, 2.05) is 38.1 Å². The molecule has 1 aromatic heterocycles. The minimum absolute atomic E-state index is 0.192. The van der Waals surface area contributed by atoms with Crippen molar-refractivity contribution in [2.24, 2.45) is 11.8 Å². The van der Waals surface area contributed by atoms with Crippen LogP contribution in [0, 0.1) is 18.8 Å². The number of rotatable bonds is 4. The van der Waals surface area contributed by atoms with Gasteiger partial charge in [-0.15, -0.1) is 0 Å². The first kappa shape index (κ1) is 19.9. The summed E-state index contributed by atoms with van der Waals surface area (Å²) in [4.78, 5) is 25.1. The third kappa shape index (κ3) is 3.48. The van der Waals surface area contributed by atoms with E-state index in [0.717, 1.165) is 16.2 Å². The number of aromatic nitrogens is 2. The van der Waals surface area contributed by atoms with Crippen molar-refractivity contribution in [3.05, 3.63) is 47.3 Å². The zero-order chi connectivity index (χ0) is 20.6. The third-order valence-corrected chi connectivity index (χ3v) is 5.12. The van der Waals surface area contributed by atoms with Crippen molar-refractivity contribution in [2.45, 2.75) is 26.4 Å². The molecule has 28 heavy (non-hydrogen) atoms. The Morgan fingerprint density at radius 3 is 2.46 bits per heavy atom. The van der Waals surface area contributed by atoms with Crippen LogP contribution in [0.2, 0.25) is 0 Å². The first-order chi connectivity index (χ1) is 13.1. The molecule has 0 saturated carbocycles. The molecule has 2 atom stereocenters. The number of aliphatic carboxylic acids is 1. The van der Waals surface area contributed by atoms with Crippen molar-refractivity contribution < 1.29 is 27.9 Å². The van der Waals surface area contributed by atoms with Gasteiger partial charge in [0.15, 0.2) is 0 Å². The number of likely N-dealkylation sites (tertiary alicyclic amines) is 1. The Hall–Kier alpha value is -2.84. The van der Waals surface area contributed by atoms with Crippen molar-refractivity contribution in [2.75, 3.05) is 13.1 Å². The largest absolute Gasteiger partial charge is 0.481 e. The average molecular weight is 395 g/mol. The van der Waals surface area contributed by atoms with Gasteiger partial charge in [-0.2, -0.15) is 18.3 Å². The second-order valence-corrected chi connectivity index (χ2v) is 6.86. The second-order valence-electron chi connectivity index (χ2n) is 6.86. The molecule has 0 radical (unpaired) electrons. The number of hydrogen-bond donors (Lipinski definition) is 1. The molecule has 1 aromatic carbocycles. The number of para-hydroxylation sites is 1. The highest BCUT2D eigenvalue weighted by Crippen LogP contribution is 2.38. The lowest BCUT2D eigenvalue weighted by molar-refractivity contribution is -0.187. The van der Waals surface area contributed by atoms with Gasteiger partial charge in [-0.3, -0.25) is 9.59 Å². The molecule has 1 amide bonds. The van der Waals surface area contributed by atoms with E-state index >= 15 is 0 Å². The van der Waals surface area contributed by atoms with Gasteiger partial charge in [0.2, 0.25) is 0 Å². The standard InChI is InChI=1S/C19H20F3N3O3/c1-3-15-12(8-23-25(15)16-7-5-4-6-11(16)2)17(26)24-9-13(18(27)28)14(10-24)19(20,21)22/h4-8,13-14H,3,9-10H2,1-2H3,(H,27,28)/t13-,14-/m1/s1. The normalized spacial score (nSPS) is 19.8. The number of alkyl halides is 3. The van der Waals surface area contributed by atoms with Crippen LogP contribution < -0.4 is 0 Å². The number of amides is 1. The molecule has 1 fully saturated rings.